The molecule has 0 aliphatic rings. The fourth-order valence-corrected chi connectivity index (χ4v) is 2.00. The van der Waals surface area contributed by atoms with Gasteiger partial charge >= 0.3 is 0 Å². The number of hydrogen-bond acceptors (Lipinski definition) is 2. The van der Waals surface area contributed by atoms with Gasteiger partial charge in [0.25, 0.3) is 0 Å². The zero-order valence-corrected chi connectivity index (χ0v) is 10.7. The Labute approximate surface area is 102 Å². The van der Waals surface area contributed by atoms with E-state index in [1.165, 1.54) is 32.1 Å². The third kappa shape index (κ3) is 4.31. The van der Waals surface area contributed by atoms with E-state index in [-0.39, 0.29) is 0 Å². The highest BCUT2D eigenvalue weighted by Gasteiger charge is 1.98. The molecule has 0 radical (unpaired) electrons. The normalized spacial score (nSPS) is 10.6. The maximum Gasteiger partial charge on any atom is 0.177 e. The first-order valence-electron chi connectivity index (χ1n) is 6.02. The van der Waals surface area contributed by atoms with Crippen LogP contribution < -0.4 is 0 Å². The monoisotopic (exact) mass is 240 g/mol. The highest BCUT2D eigenvalue weighted by molar-refractivity contribution is 7.71. The van der Waals surface area contributed by atoms with Crippen LogP contribution in [0.15, 0.2) is 6.20 Å². The van der Waals surface area contributed by atoms with E-state index in [4.69, 9.17) is 12.2 Å². The average molecular weight is 240 g/mol. The minimum atomic E-state index is 0.566. The van der Waals surface area contributed by atoms with Gasteiger partial charge in [-0.15, -0.1) is 0 Å². The number of hydrogen-bond donors (Lipinski definition) is 1. The van der Waals surface area contributed by atoms with Crippen LogP contribution in [0.1, 0.15) is 55.9 Å². The Balaban J connectivity index is 2.24. The Morgan fingerprint density at radius 1 is 1.31 bits per heavy atom. The van der Waals surface area contributed by atoms with Crippen molar-refractivity contribution in [3.05, 3.63) is 16.7 Å². The molecule has 0 aliphatic heterocycles. The lowest BCUT2D eigenvalue weighted by atomic mass is 10.1. The van der Waals surface area contributed by atoms with E-state index >= 15 is 0 Å². The molecule has 0 saturated carbocycles. The lowest BCUT2D eigenvalue weighted by molar-refractivity contribution is 0.111. The van der Waals surface area contributed by atoms with Gasteiger partial charge in [-0.25, -0.2) is 0 Å². The summed E-state index contributed by atoms with van der Waals surface area (Å²) in [4.78, 5) is 13.4. The molecule has 1 rings (SSSR count). The number of aryl methyl sites for hydroxylation is 1. The van der Waals surface area contributed by atoms with Gasteiger partial charge in [-0.05, 0) is 18.6 Å². The molecule has 0 fully saturated rings. The minimum Gasteiger partial charge on any atom is -0.328 e. The zero-order chi connectivity index (χ0) is 11.8. The quantitative estimate of drug-likeness (QED) is 0.427. The number of aldehydes is 1. The number of carbonyl (C=O) groups excluding carboxylic acids is 1. The molecule has 0 atom stereocenters. The van der Waals surface area contributed by atoms with Crippen molar-refractivity contribution in [2.75, 3.05) is 0 Å². The predicted octanol–water partition coefficient (Wildman–Crippen LogP) is 3.72. The predicted molar refractivity (Wildman–Crippen MR) is 68.4 cm³/mol. The summed E-state index contributed by atoms with van der Waals surface area (Å²) in [6, 6.07) is 0. The summed E-state index contributed by atoms with van der Waals surface area (Å²) in [5, 5.41) is 0. The van der Waals surface area contributed by atoms with Gasteiger partial charge in [-0.1, -0.05) is 39.0 Å². The first kappa shape index (κ1) is 13.2. The van der Waals surface area contributed by atoms with Crippen LogP contribution in [0.3, 0.4) is 0 Å². The number of unbranched alkanes of at least 4 members (excludes halogenated alkanes) is 5. The van der Waals surface area contributed by atoms with E-state index < -0.39 is 0 Å². The first-order valence-corrected chi connectivity index (χ1v) is 6.43. The van der Waals surface area contributed by atoms with Gasteiger partial charge in [0.2, 0.25) is 0 Å². The van der Waals surface area contributed by atoms with Crippen molar-refractivity contribution in [1.82, 2.24) is 9.55 Å². The molecule has 0 spiro atoms. The van der Waals surface area contributed by atoms with Crippen LogP contribution in [-0.4, -0.2) is 15.8 Å². The Bertz CT molecular complexity index is 367. The molecular weight excluding hydrogens is 220 g/mol. The molecule has 1 aromatic heterocycles. The molecule has 0 aliphatic carbocycles. The minimum absolute atomic E-state index is 0.566. The topological polar surface area (TPSA) is 37.8 Å². The van der Waals surface area contributed by atoms with Gasteiger partial charge in [-0.3, -0.25) is 4.79 Å². The molecule has 0 amide bonds. The molecule has 4 heteroatoms. The molecule has 90 valence electrons. The van der Waals surface area contributed by atoms with Crippen LogP contribution in [0.2, 0.25) is 0 Å². The molecule has 0 unspecified atom stereocenters. The Kier molecular flexibility index (Phi) is 6.08. The molecule has 16 heavy (non-hydrogen) atoms. The van der Waals surface area contributed by atoms with E-state index in [0.29, 0.717) is 10.5 Å². The Morgan fingerprint density at radius 2 is 2.00 bits per heavy atom. The summed E-state index contributed by atoms with van der Waals surface area (Å²) in [6.07, 6.45) is 10.2. The van der Waals surface area contributed by atoms with Gasteiger partial charge in [0.15, 0.2) is 11.1 Å². The smallest absolute Gasteiger partial charge is 0.177 e. The molecule has 1 N–H and O–H groups in total. The van der Waals surface area contributed by atoms with Crippen molar-refractivity contribution in [2.45, 2.75) is 52.0 Å². The van der Waals surface area contributed by atoms with Crippen LogP contribution in [-0.2, 0) is 6.54 Å². The Hall–Kier alpha value is -0.900. The molecule has 1 aromatic rings. The van der Waals surface area contributed by atoms with Gasteiger partial charge in [0.05, 0.1) is 5.69 Å². The van der Waals surface area contributed by atoms with Crippen molar-refractivity contribution in [3.63, 3.8) is 0 Å². The lowest BCUT2D eigenvalue weighted by Gasteiger charge is -2.02. The maximum absolute atomic E-state index is 10.5. The van der Waals surface area contributed by atoms with E-state index in [1.807, 2.05) is 4.57 Å². The standard InChI is InChI=1S/C12H20N2OS/c1-2-3-4-5-6-7-8-14-9-11(10-15)13-12(14)16/h9-10H,2-8H2,1H3,(H,13,16). The second-order valence-corrected chi connectivity index (χ2v) is 4.48. The van der Waals surface area contributed by atoms with E-state index in [0.717, 1.165) is 19.3 Å². The number of aromatic amines is 1. The SMILES string of the molecule is CCCCCCCCn1cc(C=O)[nH]c1=S. The number of H-pyrrole nitrogens is 1. The van der Waals surface area contributed by atoms with Crippen LogP contribution in [0.5, 0.6) is 0 Å². The molecule has 1 heterocycles. The first-order chi connectivity index (χ1) is 7.77. The number of aromatic nitrogens is 2. The van der Waals surface area contributed by atoms with Gasteiger partial charge < -0.3 is 9.55 Å². The summed E-state index contributed by atoms with van der Waals surface area (Å²) in [5.74, 6) is 0. The van der Waals surface area contributed by atoms with Crippen LogP contribution in [0.4, 0.5) is 0 Å². The van der Waals surface area contributed by atoms with Gasteiger partial charge in [-0.2, -0.15) is 0 Å². The summed E-state index contributed by atoms with van der Waals surface area (Å²) < 4.78 is 2.59. The molecule has 3 nitrogen and oxygen atoms in total. The highest BCUT2D eigenvalue weighted by atomic mass is 32.1. The molecular formula is C12H20N2OS. The highest BCUT2D eigenvalue weighted by Crippen LogP contribution is 2.07. The lowest BCUT2D eigenvalue weighted by Crippen LogP contribution is -1.96. The van der Waals surface area contributed by atoms with Crippen molar-refractivity contribution < 1.29 is 4.79 Å². The van der Waals surface area contributed by atoms with Crippen molar-refractivity contribution >= 4 is 18.5 Å². The van der Waals surface area contributed by atoms with Gasteiger partial charge in [0.1, 0.15) is 0 Å². The van der Waals surface area contributed by atoms with Crippen LogP contribution in [0.25, 0.3) is 0 Å². The number of carbonyl (C=O) groups is 1. The number of rotatable bonds is 8. The summed E-state index contributed by atoms with van der Waals surface area (Å²) in [6.45, 7) is 3.13. The summed E-state index contributed by atoms with van der Waals surface area (Å²) in [5.41, 5.74) is 0.566. The fourth-order valence-electron chi connectivity index (χ4n) is 1.74. The summed E-state index contributed by atoms with van der Waals surface area (Å²) >= 11 is 5.11. The molecule has 0 saturated heterocycles. The van der Waals surface area contributed by atoms with Gasteiger partial charge in [0, 0.05) is 12.7 Å². The third-order valence-electron chi connectivity index (χ3n) is 2.69. The van der Waals surface area contributed by atoms with Crippen molar-refractivity contribution in [3.8, 4) is 0 Å². The molecule has 0 bridgehead atoms. The average Bonchev–Trinajstić information content (AvgIpc) is 2.65. The van der Waals surface area contributed by atoms with E-state index in [9.17, 15) is 4.79 Å². The Morgan fingerprint density at radius 3 is 2.62 bits per heavy atom. The molecule has 0 aromatic carbocycles. The zero-order valence-electron chi connectivity index (χ0n) is 9.87. The number of nitrogens with zero attached hydrogens (tertiary/aromatic N) is 1. The maximum atomic E-state index is 10.5. The van der Waals surface area contributed by atoms with Crippen molar-refractivity contribution in [2.24, 2.45) is 0 Å². The summed E-state index contributed by atoms with van der Waals surface area (Å²) in [7, 11) is 0. The largest absolute Gasteiger partial charge is 0.328 e. The second kappa shape index (κ2) is 7.39. The number of nitrogens with one attached hydrogen (secondary N) is 1. The second-order valence-electron chi connectivity index (χ2n) is 4.09. The van der Waals surface area contributed by atoms with E-state index in [2.05, 4.69) is 11.9 Å². The van der Waals surface area contributed by atoms with Crippen LogP contribution >= 0.6 is 12.2 Å². The third-order valence-corrected chi connectivity index (χ3v) is 3.02. The van der Waals surface area contributed by atoms with Crippen molar-refractivity contribution in [1.29, 1.82) is 0 Å². The van der Waals surface area contributed by atoms with Crippen LogP contribution in [0, 0.1) is 4.77 Å². The van der Waals surface area contributed by atoms with E-state index in [1.54, 1.807) is 6.20 Å². The fraction of sp³-hybridized carbons (Fsp3) is 0.667. The number of imidazole rings is 1.